The van der Waals surface area contributed by atoms with Gasteiger partial charge in [0.2, 0.25) is 0 Å². The van der Waals surface area contributed by atoms with Crippen molar-refractivity contribution in [3.63, 3.8) is 0 Å². The molecule has 1 aliphatic rings. The molecular weight excluding hydrogens is 407 g/mol. The fourth-order valence-corrected chi connectivity index (χ4v) is 4.23. The van der Waals surface area contributed by atoms with E-state index in [1.54, 1.807) is 18.2 Å². The Balaban J connectivity index is 1.96. The van der Waals surface area contributed by atoms with E-state index >= 15 is 0 Å². The lowest BCUT2D eigenvalue weighted by Crippen LogP contribution is -2.43. The first-order valence-corrected chi connectivity index (χ1v) is 11.5. The lowest BCUT2D eigenvalue weighted by atomic mass is 10.1. The van der Waals surface area contributed by atoms with Gasteiger partial charge in [-0.25, -0.2) is 12.8 Å². The van der Waals surface area contributed by atoms with Crippen LogP contribution in [-0.2, 0) is 10.0 Å². The Kier molecular flexibility index (Phi) is 6.94. The highest BCUT2D eigenvalue weighted by Gasteiger charge is 2.21. The molecule has 1 heterocycles. The zero-order valence-electron chi connectivity index (χ0n) is 17.1. The molecule has 7 nitrogen and oxygen atoms in total. The normalized spacial score (nSPS) is 15.5. The maximum atomic E-state index is 13.2. The van der Waals surface area contributed by atoms with Gasteiger partial charge in [0.1, 0.15) is 5.82 Å². The number of hydrogen-bond donors (Lipinski definition) is 3. The number of halogens is 1. The van der Waals surface area contributed by atoms with Crippen LogP contribution in [0.3, 0.4) is 0 Å². The second-order valence-corrected chi connectivity index (χ2v) is 8.99. The van der Waals surface area contributed by atoms with E-state index in [0.717, 1.165) is 31.6 Å². The second-order valence-electron chi connectivity index (χ2n) is 7.31. The molecule has 0 saturated carbocycles. The van der Waals surface area contributed by atoms with Crippen LogP contribution in [0.15, 0.2) is 47.4 Å². The number of benzene rings is 2. The summed E-state index contributed by atoms with van der Waals surface area (Å²) in [6, 6.07) is 9.64. The molecule has 1 atom stereocenters. The zero-order chi connectivity index (χ0) is 21.7. The van der Waals surface area contributed by atoms with Gasteiger partial charge in [-0.15, -0.1) is 0 Å². The lowest BCUT2D eigenvalue weighted by molar-refractivity contribution is 0.0939. The van der Waals surface area contributed by atoms with Gasteiger partial charge in [0.25, 0.3) is 15.9 Å². The Hall–Kier alpha value is -2.65. The predicted octanol–water partition coefficient (Wildman–Crippen LogP) is 2.56. The number of nitrogens with one attached hydrogen (secondary N) is 3. The molecule has 1 aliphatic heterocycles. The number of amides is 1. The Morgan fingerprint density at radius 3 is 2.47 bits per heavy atom. The molecule has 0 spiro atoms. The minimum atomic E-state index is -3.95. The van der Waals surface area contributed by atoms with Crippen molar-refractivity contribution in [2.24, 2.45) is 0 Å². The summed E-state index contributed by atoms with van der Waals surface area (Å²) in [7, 11) is -3.95. The van der Waals surface area contributed by atoms with E-state index < -0.39 is 15.8 Å². The maximum absolute atomic E-state index is 13.2. The molecule has 0 unspecified atom stereocenters. The summed E-state index contributed by atoms with van der Waals surface area (Å²) in [5.41, 5.74) is 1.38. The van der Waals surface area contributed by atoms with E-state index in [4.69, 9.17) is 0 Å². The summed E-state index contributed by atoms with van der Waals surface area (Å²) < 4.78 is 41.6. The first kappa shape index (κ1) is 22.0. The highest BCUT2D eigenvalue weighted by atomic mass is 32.2. The standard InChI is InChI=1S/C21H27FN4O3S/c1-3-15(2)24-21(27)16-4-9-20(26-12-10-23-11-13-26)19(14-16)25-30(28,29)18-7-5-17(22)6-8-18/h4-9,14-15,23,25H,3,10-13H2,1-2H3,(H,24,27)/t15-/m0/s1. The van der Waals surface area contributed by atoms with E-state index in [0.29, 0.717) is 30.0 Å². The first-order chi connectivity index (χ1) is 14.3. The van der Waals surface area contributed by atoms with E-state index in [1.807, 2.05) is 13.8 Å². The van der Waals surface area contributed by atoms with Gasteiger partial charge in [0, 0.05) is 37.8 Å². The SMILES string of the molecule is CC[C@H](C)NC(=O)c1ccc(N2CCNCC2)c(NS(=O)(=O)c2ccc(F)cc2)c1. The third kappa shape index (κ3) is 5.28. The van der Waals surface area contributed by atoms with Crippen LogP contribution >= 0.6 is 0 Å². The average molecular weight is 435 g/mol. The fourth-order valence-electron chi connectivity index (χ4n) is 3.17. The number of hydrogen-bond acceptors (Lipinski definition) is 5. The summed E-state index contributed by atoms with van der Waals surface area (Å²) in [4.78, 5) is 14.6. The predicted molar refractivity (Wildman–Crippen MR) is 116 cm³/mol. The van der Waals surface area contributed by atoms with Gasteiger partial charge in [0.05, 0.1) is 16.3 Å². The van der Waals surface area contributed by atoms with Gasteiger partial charge in [-0.2, -0.15) is 0 Å². The van der Waals surface area contributed by atoms with Crippen LogP contribution in [0.1, 0.15) is 30.6 Å². The zero-order valence-corrected chi connectivity index (χ0v) is 17.9. The number of sulfonamides is 1. The summed E-state index contributed by atoms with van der Waals surface area (Å²) in [6.07, 6.45) is 0.786. The van der Waals surface area contributed by atoms with Crippen LogP contribution in [0.5, 0.6) is 0 Å². The average Bonchev–Trinajstić information content (AvgIpc) is 2.74. The van der Waals surface area contributed by atoms with Crippen LogP contribution in [0.2, 0.25) is 0 Å². The molecule has 30 heavy (non-hydrogen) atoms. The lowest BCUT2D eigenvalue weighted by Gasteiger charge is -2.31. The van der Waals surface area contributed by atoms with Crippen molar-refractivity contribution < 1.29 is 17.6 Å². The molecule has 1 fully saturated rings. The Morgan fingerprint density at radius 1 is 1.17 bits per heavy atom. The van der Waals surface area contributed by atoms with Crippen molar-refractivity contribution in [1.82, 2.24) is 10.6 Å². The molecule has 3 rings (SSSR count). The van der Waals surface area contributed by atoms with Crippen LogP contribution in [-0.4, -0.2) is 46.5 Å². The van der Waals surface area contributed by atoms with Crippen LogP contribution in [0.4, 0.5) is 15.8 Å². The summed E-state index contributed by atoms with van der Waals surface area (Å²) >= 11 is 0. The van der Waals surface area contributed by atoms with Gasteiger partial charge in [-0.1, -0.05) is 6.92 Å². The summed E-state index contributed by atoms with van der Waals surface area (Å²) in [5, 5.41) is 6.15. The molecule has 1 saturated heterocycles. The van der Waals surface area contributed by atoms with Crippen molar-refractivity contribution >= 4 is 27.3 Å². The van der Waals surface area contributed by atoms with Gasteiger partial charge >= 0.3 is 0 Å². The third-order valence-corrected chi connectivity index (χ3v) is 6.46. The number of anilines is 2. The molecule has 0 aliphatic carbocycles. The largest absolute Gasteiger partial charge is 0.367 e. The molecule has 0 radical (unpaired) electrons. The maximum Gasteiger partial charge on any atom is 0.261 e. The van der Waals surface area contributed by atoms with Crippen LogP contribution < -0.4 is 20.3 Å². The number of piperazine rings is 1. The van der Waals surface area contributed by atoms with E-state index in [1.165, 1.54) is 12.1 Å². The topological polar surface area (TPSA) is 90.5 Å². The number of rotatable bonds is 7. The summed E-state index contributed by atoms with van der Waals surface area (Å²) in [5.74, 6) is -0.780. The molecule has 0 aromatic heterocycles. The number of carbonyl (C=O) groups excluding carboxylic acids is 1. The highest BCUT2D eigenvalue weighted by Crippen LogP contribution is 2.30. The Bertz CT molecular complexity index is 990. The third-order valence-electron chi connectivity index (χ3n) is 5.07. The molecule has 1 amide bonds. The molecule has 2 aromatic carbocycles. The first-order valence-electron chi connectivity index (χ1n) is 9.99. The molecule has 0 bridgehead atoms. The highest BCUT2D eigenvalue weighted by molar-refractivity contribution is 7.92. The summed E-state index contributed by atoms with van der Waals surface area (Å²) in [6.45, 7) is 6.86. The van der Waals surface area contributed by atoms with Gasteiger partial charge in [-0.05, 0) is 55.8 Å². The second kappa shape index (κ2) is 9.44. The van der Waals surface area contributed by atoms with E-state index in [9.17, 15) is 17.6 Å². The Labute approximate surface area is 176 Å². The van der Waals surface area contributed by atoms with Gasteiger partial charge in [0.15, 0.2) is 0 Å². The van der Waals surface area contributed by atoms with Crippen LogP contribution in [0, 0.1) is 5.82 Å². The van der Waals surface area contributed by atoms with Crippen molar-refractivity contribution in [2.45, 2.75) is 31.2 Å². The minimum absolute atomic E-state index is 0.00435. The molecular formula is C21H27FN4O3S. The van der Waals surface area contributed by atoms with Gasteiger partial charge < -0.3 is 15.5 Å². The van der Waals surface area contributed by atoms with Crippen molar-refractivity contribution in [1.29, 1.82) is 0 Å². The smallest absolute Gasteiger partial charge is 0.261 e. The van der Waals surface area contributed by atoms with Crippen molar-refractivity contribution in [2.75, 3.05) is 35.8 Å². The number of nitrogens with zero attached hydrogens (tertiary/aromatic N) is 1. The van der Waals surface area contributed by atoms with Crippen molar-refractivity contribution in [3.8, 4) is 0 Å². The van der Waals surface area contributed by atoms with E-state index in [-0.39, 0.29) is 16.8 Å². The monoisotopic (exact) mass is 434 g/mol. The molecule has 9 heteroatoms. The van der Waals surface area contributed by atoms with Crippen molar-refractivity contribution in [3.05, 3.63) is 53.8 Å². The van der Waals surface area contributed by atoms with E-state index in [2.05, 4.69) is 20.3 Å². The number of carbonyl (C=O) groups is 1. The molecule has 2 aromatic rings. The molecule has 162 valence electrons. The quantitative estimate of drug-likeness (QED) is 0.623. The van der Waals surface area contributed by atoms with Gasteiger partial charge in [-0.3, -0.25) is 9.52 Å². The minimum Gasteiger partial charge on any atom is -0.367 e. The Morgan fingerprint density at radius 2 is 1.83 bits per heavy atom. The fraction of sp³-hybridized carbons (Fsp3) is 0.381. The molecule has 3 N–H and O–H groups in total. The van der Waals surface area contributed by atoms with Crippen LogP contribution in [0.25, 0.3) is 0 Å².